The molecular formula is C22H19N3O3S. The fourth-order valence-corrected chi connectivity index (χ4v) is 3.67. The lowest BCUT2D eigenvalue weighted by Crippen LogP contribution is -2.20. The number of carbonyl (C=O) groups excluding carboxylic acids is 1. The summed E-state index contributed by atoms with van der Waals surface area (Å²) in [5.74, 6) is 1.55. The number of hydrogen-bond acceptors (Lipinski definition) is 6. The van der Waals surface area contributed by atoms with E-state index < -0.39 is 0 Å². The van der Waals surface area contributed by atoms with Gasteiger partial charge in [0.1, 0.15) is 22.3 Å². The zero-order valence-corrected chi connectivity index (χ0v) is 16.6. The highest BCUT2D eigenvalue weighted by atomic mass is 32.1. The van der Waals surface area contributed by atoms with Crippen LogP contribution >= 0.6 is 11.3 Å². The Balaban J connectivity index is 1.33. The number of fused-ring (bicyclic) bond motifs is 1. The van der Waals surface area contributed by atoms with Crippen molar-refractivity contribution in [3.8, 4) is 22.1 Å². The second kappa shape index (κ2) is 8.70. The van der Waals surface area contributed by atoms with Gasteiger partial charge < -0.3 is 14.8 Å². The van der Waals surface area contributed by atoms with E-state index in [9.17, 15) is 4.79 Å². The summed E-state index contributed by atoms with van der Waals surface area (Å²) >= 11 is 1.61. The number of amides is 1. The Morgan fingerprint density at radius 1 is 1.00 bits per heavy atom. The van der Waals surface area contributed by atoms with E-state index in [1.165, 1.54) is 0 Å². The number of rotatable bonds is 7. The lowest BCUT2D eigenvalue weighted by atomic mass is 10.3. The summed E-state index contributed by atoms with van der Waals surface area (Å²) in [6, 6.07) is 18.8. The van der Waals surface area contributed by atoms with Crippen molar-refractivity contribution in [3.63, 3.8) is 0 Å². The summed E-state index contributed by atoms with van der Waals surface area (Å²) in [4.78, 5) is 21.0. The Morgan fingerprint density at radius 3 is 2.45 bits per heavy atom. The molecule has 1 N–H and O–H groups in total. The van der Waals surface area contributed by atoms with E-state index in [1.807, 2.05) is 37.3 Å². The molecule has 0 saturated heterocycles. The maximum atomic E-state index is 12.1. The van der Waals surface area contributed by atoms with E-state index >= 15 is 0 Å². The molecule has 0 saturated carbocycles. The predicted molar refractivity (Wildman–Crippen MR) is 115 cm³/mol. The molecule has 146 valence electrons. The third-order valence-electron chi connectivity index (χ3n) is 4.08. The number of aromatic nitrogens is 2. The van der Waals surface area contributed by atoms with Crippen molar-refractivity contribution in [2.75, 3.05) is 18.5 Å². The minimum absolute atomic E-state index is 0.102. The number of thiazole rings is 1. The predicted octanol–water partition coefficient (Wildman–Crippen LogP) is 4.77. The highest BCUT2D eigenvalue weighted by Gasteiger charge is 2.08. The van der Waals surface area contributed by atoms with E-state index in [0.717, 1.165) is 26.5 Å². The molecule has 4 aromatic rings. The maximum absolute atomic E-state index is 12.1. The monoisotopic (exact) mass is 405 g/mol. The van der Waals surface area contributed by atoms with Crippen molar-refractivity contribution in [2.24, 2.45) is 0 Å². The summed E-state index contributed by atoms with van der Waals surface area (Å²) in [5.41, 5.74) is 1.88. The first-order valence-electron chi connectivity index (χ1n) is 9.19. The third kappa shape index (κ3) is 4.70. The number of benzene rings is 2. The van der Waals surface area contributed by atoms with E-state index in [0.29, 0.717) is 18.2 Å². The van der Waals surface area contributed by atoms with Crippen molar-refractivity contribution in [1.29, 1.82) is 0 Å². The molecule has 7 heteroatoms. The fourth-order valence-electron chi connectivity index (χ4n) is 2.72. The van der Waals surface area contributed by atoms with E-state index in [2.05, 4.69) is 15.3 Å². The first-order valence-corrected chi connectivity index (χ1v) is 10.0. The minimum Gasteiger partial charge on any atom is -0.494 e. The lowest BCUT2D eigenvalue weighted by Gasteiger charge is -2.08. The smallest absolute Gasteiger partial charge is 0.263 e. The quantitative estimate of drug-likeness (QED) is 0.479. The summed E-state index contributed by atoms with van der Waals surface area (Å²) in [5, 5.41) is 3.63. The molecule has 0 fully saturated rings. The second-order valence-corrected chi connectivity index (χ2v) is 7.19. The Morgan fingerprint density at radius 2 is 1.76 bits per heavy atom. The molecule has 6 nitrogen and oxygen atoms in total. The zero-order valence-electron chi connectivity index (χ0n) is 15.8. The van der Waals surface area contributed by atoms with Gasteiger partial charge in [-0.15, -0.1) is 11.3 Å². The number of carbonyl (C=O) groups is 1. The molecule has 0 aliphatic carbocycles. The number of pyridine rings is 1. The molecule has 2 aromatic carbocycles. The van der Waals surface area contributed by atoms with Gasteiger partial charge in [-0.1, -0.05) is 12.1 Å². The largest absolute Gasteiger partial charge is 0.494 e. The molecule has 0 aliphatic rings. The van der Waals surface area contributed by atoms with E-state index in [4.69, 9.17) is 9.47 Å². The van der Waals surface area contributed by atoms with Crippen LogP contribution < -0.4 is 14.8 Å². The van der Waals surface area contributed by atoms with Gasteiger partial charge in [-0.2, -0.15) is 0 Å². The van der Waals surface area contributed by atoms with Crippen molar-refractivity contribution >= 4 is 33.3 Å². The van der Waals surface area contributed by atoms with Crippen LogP contribution in [-0.4, -0.2) is 29.1 Å². The zero-order chi connectivity index (χ0) is 20.1. The fraction of sp³-hybridized carbons (Fsp3) is 0.136. The van der Waals surface area contributed by atoms with Crippen LogP contribution in [0.5, 0.6) is 11.5 Å². The van der Waals surface area contributed by atoms with Crippen LogP contribution in [-0.2, 0) is 4.79 Å². The molecule has 0 aliphatic heterocycles. The van der Waals surface area contributed by atoms with Crippen LogP contribution in [0.15, 0.2) is 66.9 Å². The topological polar surface area (TPSA) is 73.3 Å². The maximum Gasteiger partial charge on any atom is 0.263 e. The first-order chi connectivity index (χ1) is 14.2. The number of para-hydroxylation sites is 1. The number of ether oxygens (including phenoxy) is 2. The molecule has 0 spiro atoms. The molecule has 0 radical (unpaired) electrons. The van der Waals surface area contributed by atoms with Gasteiger partial charge in [-0.25, -0.2) is 9.97 Å². The summed E-state index contributed by atoms with van der Waals surface area (Å²) < 4.78 is 12.0. The first kappa shape index (κ1) is 18.9. The van der Waals surface area contributed by atoms with Gasteiger partial charge in [-0.05, 0) is 55.5 Å². The average molecular weight is 405 g/mol. The highest BCUT2D eigenvalue weighted by Crippen LogP contribution is 2.29. The summed E-state index contributed by atoms with van der Waals surface area (Å²) in [7, 11) is 0. The van der Waals surface area contributed by atoms with Gasteiger partial charge in [0.15, 0.2) is 6.61 Å². The van der Waals surface area contributed by atoms with Crippen LogP contribution in [0.25, 0.3) is 20.8 Å². The molecule has 0 atom stereocenters. The molecule has 4 rings (SSSR count). The molecule has 29 heavy (non-hydrogen) atoms. The normalized spacial score (nSPS) is 10.7. The lowest BCUT2D eigenvalue weighted by molar-refractivity contribution is -0.118. The van der Waals surface area contributed by atoms with Crippen molar-refractivity contribution in [3.05, 3.63) is 66.9 Å². The van der Waals surface area contributed by atoms with Gasteiger partial charge in [0, 0.05) is 11.8 Å². The van der Waals surface area contributed by atoms with Crippen LogP contribution in [0.2, 0.25) is 0 Å². The summed E-state index contributed by atoms with van der Waals surface area (Å²) in [6.45, 7) is 2.43. The van der Waals surface area contributed by atoms with Crippen LogP contribution in [0.1, 0.15) is 6.92 Å². The van der Waals surface area contributed by atoms with Gasteiger partial charge >= 0.3 is 0 Å². The Kier molecular flexibility index (Phi) is 5.67. The standard InChI is InChI=1S/C22H19N3O3S/c1-2-27-16-8-10-17(11-9-16)28-14-21(26)25-20-12-7-15(13-23-20)22-24-18-5-3-4-6-19(18)29-22/h3-13H,2,14H2,1H3,(H,23,25,26). The van der Waals surface area contributed by atoms with Gasteiger partial charge in [-0.3, -0.25) is 4.79 Å². The Hall–Kier alpha value is -3.45. The van der Waals surface area contributed by atoms with Crippen LogP contribution in [0.3, 0.4) is 0 Å². The van der Waals surface area contributed by atoms with Gasteiger partial charge in [0.05, 0.1) is 16.8 Å². The number of nitrogens with one attached hydrogen (secondary N) is 1. The highest BCUT2D eigenvalue weighted by molar-refractivity contribution is 7.21. The van der Waals surface area contributed by atoms with Crippen molar-refractivity contribution < 1.29 is 14.3 Å². The Labute approximate surface area is 172 Å². The molecule has 2 heterocycles. The number of hydrogen-bond donors (Lipinski definition) is 1. The van der Waals surface area contributed by atoms with Crippen molar-refractivity contribution in [2.45, 2.75) is 6.92 Å². The van der Waals surface area contributed by atoms with E-state index in [1.54, 1.807) is 47.9 Å². The third-order valence-corrected chi connectivity index (χ3v) is 5.16. The molecule has 0 bridgehead atoms. The number of anilines is 1. The van der Waals surface area contributed by atoms with Crippen LogP contribution in [0.4, 0.5) is 5.82 Å². The SMILES string of the molecule is CCOc1ccc(OCC(=O)Nc2ccc(-c3nc4ccccc4s3)cn2)cc1. The van der Waals surface area contributed by atoms with Crippen LogP contribution in [0, 0.1) is 0 Å². The Bertz CT molecular complexity index is 1080. The van der Waals surface area contributed by atoms with Gasteiger partial charge in [0.2, 0.25) is 0 Å². The number of nitrogens with zero attached hydrogens (tertiary/aromatic N) is 2. The molecule has 1 amide bonds. The summed E-state index contributed by atoms with van der Waals surface area (Å²) in [6.07, 6.45) is 1.71. The van der Waals surface area contributed by atoms with Crippen molar-refractivity contribution in [1.82, 2.24) is 9.97 Å². The minimum atomic E-state index is -0.279. The van der Waals surface area contributed by atoms with Gasteiger partial charge in [0.25, 0.3) is 5.91 Å². The average Bonchev–Trinajstić information content (AvgIpc) is 3.18. The molecule has 0 unspecified atom stereocenters. The molecular weight excluding hydrogens is 386 g/mol. The van der Waals surface area contributed by atoms with E-state index in [-0.39, 0.29) is 12.5 Å². The second-order valence-electron chi connectivity index (χ2n) is 6.16. The molecule has 2 aromatic heterocycles.